The largest absolute Gasteiger partial charge is 0.496 e. The molecule has 0 radical (unpaired) electrons. The van der Waals surface area contributed by atoms with Gasteiger partial charge in [-0.25, -0.2) is 0 Å². The van der Waals surface area contributed by atoms with Crippen LogP contribution in [0.25, 0.3) is 0 Å². The van der Waals surface area contributed by atoms with Crippen molar-refractivity contribution in [2.24, 2.45) is 0 Å². The Kier molecular flexibility index (Phi) is 4.40. The molecule has 0 saturated carbocycles. The van der Waals surface area contributed by atoms with Gasteiger partial charge in [0.05, 0.1) is 13.2 Å². The van der Waals surface area contributed by atoms with E-state index < -0.39 is 6.10 Å². The number of methoxy groups -OCH3 is 1. The molecule has 0 aliphatic carbocycles. The van der Waals surface area contributed by atoms with Gasteiger partial charge >= 0.3 is 0 Å². The van der Waals surface area contributed by atoms with Crippen molar-refractivity contribution in [3.8, 4) is 5.75 Å². The molecule has 0 amide bonds. The summed E-state index contributed by atoms with van der Waals surface area (Å²) in [6.45, 7) is 5.06. The van der Waals surface area contributed by atoms with Crippen molar-refractivity contribution < 1.29 is 9.84 Å². The minimum atomic E-state index is -0.516. The van der Waals surface area contributed by atoms with Crippen LogP contribution in [-0.4, -0.2) is 36.3 Å². The first-order valence-corrected chi connectivity index (χ1v) is 7.50. The number of anilines is 1. The molecule has 4 heteroatoms. The van der Waals surface area contributed by atoms with Gasteiger partial charge in [0.25, 0.3) is 0 Å². The molecule has 0 bridgehead atoms. The quantitative estimate of drug-likeness (QED) is 0.912. The SMILES string of the molecule is COc1cccc(N2CCSCC2C)c1C(C)O. The predicted molar refractivity (Wildman–Crippen MR) is 77.8 cm³/mol. The van der Waals surface area contributed by atoms with E-state index in [2.05, 4.69) is 17.9 Å². The van der Waals surface area contributed by atoms with Crippen LogP contribution in [-0.2, 0) is 0 Å². The topological polar surface area (TPSA) is 32.7 Å². The van der Waals surface area contributed by atoms with Crippen LogP contribution in [0.5, 0.6) is 5.75 Å². The molecule has 1 fully saturated rings. The zero-order valence-corrected chi connectivity index (χ0v) is 12.0. The molecular formula is C14H21NO2S. The van der Waals surface area contributed by atoms with Crippen molar-refractivity contribution in [3.63, 3.8) is 0 Å². The summed E-state index contributed by atoms with van der Waals surface area (Å²) in [7, 11) is 1.65. The molecule has 1 N–H and O–H groups in total. The van der Waals surface area contributed by atoms with Crippen LogP contribution in [0.3, 0.4) is 0 Å². The Morgan fingerprint density at radius 2 is 2.28 bits per heavy atom. The van der Waals surface area contributed by atoms with Crippen molar-refractivity contribution in [2.45, 2.75) is 26.0 Å². The van der Waals surface area contributed by atoms with Gasteiger partial charge in [-0.2, -0.15) is 11.8 Å². The van der Waals surface area contributed by atoms with E-state index in [1.165, 1.54) is 0 Å². The molecule has 3 nitrogen and oxygen atoms in total. The Bertz CT molecular complexity index is 409. The van der Waals surface area contributed by atoms with Crippen molar-refractivity contribution in [3.05, 3.63) is 23.8 Å². The summed E-state index contributed by atoms with van der Waals surface area (Å²) in [5.74, 6) is 3.05. The molecule has 0 aromatic heterocycles. The molecule has 100 valence electrons. The van der Waals surface area contributed by atoms with Crippen LogP contribution in [0.2, 0.25) is 0 Å². The molecule has 1 aromatic carbocycles. The van der Waals surface area contributed by atoms with Crippen LogP contribution < -0.4 is 9.64 Å². The zero-order valence-electron chi connectivity index (χ0n) is 11.2. The van der Waals surface area contributed by atoms with Gasteiger partial charge in [-0.3, -0.25) is 0 Å². The van der Waals surface area contributed by atoms with Gasteiger partial charge in [0.15, 0.2) is 0 Å². The smallest absolute Gasteiger partial charge is 0.126 e. The number of ether oxygens (including phenoxy) is 1. The lowest BCUT2D eigenvalue weighted by atomic mass is 10.0. The first-order valence-electron chi connectivity index (χ1n) is 6.34. The lowest BCUT2D eigenvalue weighted by molar-refractivity contribution is 0.194. The summed E-state index contributed by atoms with van der Waals surface area (Å²) in [5, 5.41) is 10.0. The average Bonchev–Trinajstić information content (AvgIpc) is 2.38. The highest BCUT2D eigenvalue weighted by Crippen LogP contribution is 2.36. The Labute approximate surface area is 113 Å². The Morgan fingerprint density at radius 1 is 1.50 bits per heavy atom. The standard InChI is InChI=1S/C14H21NO2S/c1-10-9-18-8-7-15(10)12-5-4-6-13(17-3)14(12)11(2)16/h4-6,10-11,16H,7-9H2,1-3H3. The molecule has 1 aliphatic rings. The van der Waals surface area contributed by atoms with Crippen LogP contribution in [0, 0.1) is 0 Å². The maximum Gasteiger partial charge on any atom is 0.126 e. The normalized spacial score (nSPS) is 21.8. The summed E-state index contributed by atoms with van der Waals surface area (Å²) in [4.78, 5) is 2.38. The van der Waals surface area contributed by atoms with Gasteiger partial charge in [0.2, 0.25) is 0 Å². The van der Waals surface area contributed by atoms with Gasteiger partial charge < -0.3 is 14.7 Å². The average molecular weight is 267 g/mol. The van der Waals surface area contributed by atoms with Crippen LogP contribution in [0.15, 0.2) is 18.2 Å². The van der Waals surface area contributed by atoms with Gasteiger partial charge in [0, 0.05) is 35.3 Å². The number of aliphatic hydroxyl groups is 1. The highest BCUT2D eigenvalue weighted by atomic mass is 32.2. The maximum atomic E-state index is 10.0. The van der Waals surface area contributed by atoms with E-state index in [-0.39, 0.29) is 0 Å². The molecule has 1 aromatic rings. The van der Waals surface area contributed by atoms with Crippen molar-refractivity contribution in [2.75, 3.05) is 30.1 Å². The Hall–Kier alpha value is -0.870. The van der Waals surface area contributed by atoms with E-state index in [4.69, 9.17) is 4.74 Å². The molecule has 2 unspecified atom stereocenters. The third-order valence-corrected chi connectivity index (χ3v) is 4.55. The predicted octanol–water partition coefficient (Wildman–Crippen LogP) is 2.69. The summed E-state index contributed by atoms with van der Waals surface area (Å²) in [6, 6.07) is 6.48. The number of rotatable bonds is 3. The molecule has 1 heterocycles. The number of hydrogen-bond acceptors (Lipinski definition) is 4. The highest BCUT2D eigenvalue weighted by molar-refractivity contribution is 7.99. The van der Waals surface area contributed by atoms with Gasteiger partial charge in [-0.1, -0.05) is 6.07 Å². The van der Waals surface area contributed by atoms with Gasteiger partial charge in [-0.15, -0.1) is 0 Å². The second-order valence-corrected chi connectivity index (χ2v) is 5.84. The molecule has 1 aliphatic heterocycles. The second-order valence-electron chi connectivity index (χ2n) is 4.69. The lowest BCUT2D eigenvalue weighted by Crippen LogP contribution is -2.41. The second kappa shape index (κ2) is 5.85. The van der Waals surface area contributed by atoms with Crippen LogP contribution >= 0.6 is 11.8 Å². The Balaban J connectivity index is 2.42. The monoisotopic (exact) mass is 267 g/mol. The number of benzene rings is 1. The summed E-state index contributed by atoms with van der Waals surface area (Å²) in [6.07, 6.45) is -0.516. The number of nitrogens with zero attached hydrogens (tertiary/aromatic N) is 1. The lowest BCUT2D eigenvalue weighted by Gasteiger charge is -2.37. The summed E-state index contributed by atoms with van der Waals surface area (Å²) >= 11 is 1.99. The molecule has 0 spiro atoms. The molecule has 18 heavy (non-hydrogen) atoms. The van der Waals surface area contributed by atoms with E-state index in [9.17, 15) is 5.11 Å². The summed E-state index contributed by atoms with van der Waals surface area (Å²) in [5.41, 5.74) is 2.01. The van der Waals surface area contributed by atoms with E-state index in [0.717, 1.165) is 35.1 Å². The van der Waals surface area contributed by atoms with Crippen LogP contribution in [0.4, 0.5) is 5.69 Å². The van der Waals surface area contributed by atoms with Crippen molar-refractivity contribution in [1.82, 2.24) is 0 Å². The van der Waals surface area contributed by atoms with Crippen molar-refractivity contribution in [1.29, 1.82) is 0 Å². The van der Waals surface area contributed by atoms with Gasteiger partial charge in [0.1, 0.15) is 5.75 Å². The first kappa shape index (κ1) is 13.6. The minimum Gasteiger partial charge on any atom is -0.496 e. The van der Waals surface area contributed by atoms with E-state index in [1.54, 1.807) is 14.0 Å². The number of thioether (sulfide) groups is 1. The molecule has 2 rings (SSSR count). The highest BCUT2D eigenvalue weighted by Gasteiger charge is 2.24. The molecule has 1 saturated heterocycles. The summed E-state index contributed by atoms with van der Waals surface area (Å²) < 4.78 is 5.38. The Morgan fingerprint density at radius 3 is 2.89 bits per heavy atom. The third-order valence-electron chi connectivity index (χ3n) is 3.36. The fourth-order valence-corrected chi connectivity index (χ4v) is 3.48. The van der Waals surface area contributed by atoms with E-state index >= 15 is 0 Å². The fourth-order valence-electron chi connectivity index (χ4n) is 2.47. The van der Waals surface area contributed by atoms with Gasteiger partial charge in [-0.05, 0) is 26.0 Å². The van der Waals surface area contributed by atoms with E-state index in [1.807, 2.05) is 23.9 Å². The van der Waals surface area contributed by atoms with Crippen molar-refractivity contribution >= 4 is 17.4 Å². The molecular weight excluding hydrogens is 246 g/mol. The fraction of sp³-hybridized carbons (Fsp3) is 0.571. The zero-order chi connectivity index (χ0) is 13.1. The molecule has 2 atom stereocenters. The minimum absolute atomic E-state index is 0.494. The first-order chi connectivity index (χ1) is 8.65. The number of hydrogen-bond donors (Lipinski definition) is 1. The van der Waals surface area contributed by atoms with Crippen LogP contribution in [0.1, 0.15) is 25.5 Å². The maximum absolute atomic E-state index is 10.0. The number of aliphatic hydroxyl groups excluding tert-OH is 1. The third kappa shape index (κ3) is 2.59. The van der Waals surface area contributed by atoms with E-state index in [0.29, 0.717) is 6.04 Å².